The number of nitrogens with zero attached hydrogens (tertiary/aromatic N) is 1. The number of Topliss-reactive ketones (excluding diaryl/α,β-unsaturated/α-hetero) is 1. The number of carbonyl (C=O) groups is 2. The Morgan fingerprint density at radius 3 is 2.43 bits per heavy atom. The van der Waals surface area contributed by atoms with Crippen molar-refractivity contribution in [1.82, 2.24) is 4.90 Å². The van der Waals surface area contributed by atoms with Crippen LogP contribution >= 0.6 is 0 Å². The lowest BCUT2D eigenvalue weighted by atomic mass is 9.94. The summed E-state index contributed by atoms with van der Waals surface area (Å²) in [7, 11) is 0. The van der Waals surface area contributed by atoms with E-state index in [-0.39, 0.29) is 18.0 Å². The summed E-state index contributed by atoms with van der Waals surface area (Å²) >= 11 is 0. The fraction of sp³-hybridized carbons (Fsp3) is 0.800. The average molecular weight is 197 g/mol. The standard InChI is InChI=1S/C10H15NO3/c12-8-6-9(7-8)14-10(13)11-4-2-1-3-5-11/h9H,1-7H2. The summed E-state index contributed by atoms with van der Waals surface area (Å²) in [5.41, 5.74) is 0. The molecule has 0 atom stereocenters. The van der Waals surface area contributed by atoms with Crippen LogP contribution in [0.2, 0.25) is 0 Å². The smallest absolute Gasteiger partial charge is 0.410 e. The van der Waals surface area contributed by atoms with Gasteiger partial charge in [-0.2, -0.15) is 0 Å². The molecule has 0 bridgehead atoms. The fourth-order valence-electron chi connectivity index (χ4n) is 1.83. The van der Waals surface area contributed by atoms with Crippen LogP contribution in [0.1, 0.15) is 32.1 Å². The Morgan fingerprint density at radius 2 is 1.86 bits per heavy atom. The summed E-state index contributed by atoms with van der Waals surface area (Å²) in [6, 6.07) is 0. The Labute approximate surface area is 83.2 Å². The maximum absolute atomic E-state index is 11.5. The molecule has 1 aliphatic carbocycles. The maximum Gasteiger partial charge on any atom is 0.410 e. The normalized spacial score (nSPS) is 23.1. The van der Waals surface area contributed by atoms with Crippen LogP contribution in [0.5, 0.6) is 0 Å². The quantitative estimate of drug-likeness (QED) is 0.637. The van der Waals surface area contributed by atoms with Crippen molar-refractivity contribution in [3.8, 4) is 0 Å². The zero-order valence-corrected chi connectivity index (χ0v) is 8.20. The Bertz CT molecular complexity index is 238. The van der Waals surface area contributed by atoms with E-state index >= 15 is 0 Å². The monoisotopic (exact) mass is 197 g/mol. The van der Waals surface area contributed by atoms with Gasteiger partial charge in [0.2, 0.25) is 0 Å². The van der Waals surface area contributed by atoms with Crippen molar-refractivity contribution in [2.24, 2.45) is 0 Å². The molecule has 78 valence electrons. The van der Waals surface area contributed by atoms with E-state index in [1.54, 1.807) is 4.90 Å². The van der Waals surface area contributed by atoms with E-state index < -0.39 is 0 Å². The molecule has 2 fully saturated rings. The topological polar surface area (TPSA) is 46.6 Å². The zero-order valence-electron chi connectivity index (χ0n) is 8.20. The van der Waals surface area contributed by atoms with Crippen molar-refractivity contribution in [3.05, 3.63) is 0 Å². The first-order valence-electron chi connectivity index (χ1n) is 5.23. The second-order valence-corrected chi connectivity index (χ2v) is 4.00. The predicted molar refractivity (Wildman–Crippen MR) is 49.9 cm³/mol. The number of rotatable bonds is 1. The molecule has 0 spiro atoms. The number of likely N-dealkylation sites (tertiary alicyclic amines) is 1. The fourth-order valence-corrected chi connectivity index (χ4v) is 1.83. The highest BCUT2D eigenvalue weighted by molar-refractivity contribution is 5.86. The Hall–Kier alpha value is -1.06. The van der Waals surface area contributed by atoms with Gasteiger partial charge in [0.05, 0.1) is 0 Å². The van der Waals surface area contributed by atoms with E-state index in [1.165, 1.54) is 6.42 Å². The third-order valence-corrected chi connectivity index (χ3v) is 2.79. The molecule has 0 aromatic heterocycles. The molecular weight excluding hydrogens is 182 g/mol. The van der Waals surface area contributed by atoms with E-state index in [0.717, 1.165) is 25.9 Å². The van der Waals surface area contributed by atoms with E-state index in [0.29, 0.717) is 12.8 Å². The molecule has 1 saturated carbocycles. The number of ether oxygens (including phenoxy) is 1. The van der Waals surface area contributed by atoms with Crippen molar-refractivity contribution >= 4 is 11.9 Å². The molecule has 1 amide bonds. The number of carbonyl (C=O) groups excluding carboxylic acids is 2. The lowest BCUT2D eigenvalue weighted by Gasteiger charge is -2.30. The number of amides is 1. The Morgan fingerprint density at radius 1 is 1.21 bits per heavy atom. The second-order valence-electron chi connectivity index (χ2n) is 4.00. The highest BCUT2D eigenvalue weighted by Crippen LogP contribution is 2.20. The predicted octanol–water partition coefficient (Wildman–Crippen LogP) is 1.34. The van der Waals surface area contributed by atoms with Crippen LogP contribution in [0.4, 0.5) is 4.79 Å². The van der Waals surface area contributed by atoms with Gasteiger partial charge in [-0.15, -0.1) is 0 Å². The SMILES string of the molecule is O=C1CC(OC(=O)N2CCCCC2)C1. The first kappa shape index (κ1) is 9.49. The third-order valence-electron chi connectivity index (χ3n) is 2.79. The van der Waals surface area contributed by atoms with Gasteiger partial charge in [-0.05, 0) is 19.3 Å². The molecule has 0 aromatic carbocycles. The van der Waals surface area contributed by atoms with Gasteiger partial charge in [0.25, 0.3) is 0 Å². The molecule has 0 unspecified atom stereocenters. The third kappa shape index (κ3) is 2.05. The molecule has 1 heterocycles. The van der Waals surface area contributed by atoms with Crippen molar-refractivity contribution in [1.29, 1.82) is 0 Å². The summed E-state index contributed by atoms with van der Waals surface area (Å²) in [6.45, 7) is 1.61. The summed E-state index contributed by atoms with van der Waals surface area (Å²) in [6.07, 6.45) is 3.79. The first-order chi connectivity index (χ1) is 6.75. The molecule has 1 saturated heterocycles. The largest absolute Gasteiger partial charge is 0.445 e. The lowest BCUT2D eigenvalue weighted by Crippen LogP contribution is -2.41. The highest BCUT2D eigenvalue weighted by atomic mass is 16.6. The van der Waals surface area contributed by atoms with Crippen LogP contribution in [-0.4, -0.2) is 36.0 Å². The minimum absolute atomic E-state index is 0.142. The van der Waals surface area contributed by atoms with Crippen LogP contribution in [0, 0.1) is 0 Å². The minimum atomic E-state index is -0.234. The Kier molecular flexibility index (Phi) is 2.70. The number of piperidine rings is 1. The van der Waals surface area contributed by atoms with Crippen molar-refractivity contribution in [3.63, 3.8) is 0 Å². The minimum Gasteiger partial charge on any atom is -0.445 e. The van der Waals surface area contributed by atoms with Crippen molar-refractivity contribution in [2.75, 3.05) is 13.1 Å². The molecule has 0 N–H and O–H groups in total. The van der Waals surface area contributed by atoms with E-state index in [4.69, 9.17) is 4.74 Å². The molecule has 0 aromatic rings. The van der Waals surface area contributed by atoms with Gasteiger partial charge < -0.3 is 9.64 Å². The van der Waals surface area contributed by atoms with Gasteiger partial charge in [-0.3, -0.25) is 4.79 Å². The number of hydrogen-bond donors (Lipinski definition) is 0. The molecule has 4 heteroatoms. The van der Waals surface area contributed by atoms with E-state index in [9.17, 15) is 9.59 Å². The van der Waals surface area contributed by atoms with Gasteiger partial charge in [-0.25, -0.2) is 4.79 Å². The highest BCUT2D eigenvalue weighted by Gasteiger charge is 2.31. The van der Waals surface area contributed by atoms with E-state index in [1.807, 2.05) is 0 Å². The summed E-state index contributed by atoms with van der Waals surface area (Å²) < 4.78 is 5.16. The van der Waals surface area contributed by atoms with Crippen LogP contribution < -0.4 is 0 Å². The maximum atomic E-state index is 11.5. The van der Waals surface area contributed by atoms with E-state index in [2.05, 4.69) is 0 Å². The van der Waals surface area contributed by atoms with Crippen molar-refractivity contribution in [2.45, 2.75) is 38.2 Å². The van der Waals surface area contributed by atoms with Crippen LogP contribution in [0.25, 0.3) is 0 Å². The van der Waals surface area contributed by atoms with Gasteiger partial charge in [-0.1, -0.05) is 0 Å². The molecular formula is C10H15NO3. The molecule has 4 nitrogen and oxygen atoms in total. The first-order valence-corrected chi connectivity index (χ1v) is 5.23. The summed E-state index contributed by atoms with van der Waals surface area (Å²) in [4.78, 5) is 23.9. The lowest BCUT2D eigenvalue weighted by molar-refractivity contribution is -0.131. The van der Waals surface area contributed by atoms with Gasteiger partial charge in [0.15, 0.2) is 0 Å². The number of ketones is 1. The van der Waals surface area contributed by atoms with Crippen LogP contribution in [0.15, 0.2) is 0 Å². The van der Waals surface area contributed by atoms with Crippen LogP contribution in [-0.2, 0) is 9.53 Å². The van der Waals surface area contributed by atoms with Gasteiger partial charge in [0.1, 0.15) is 11.9 Å². The molecule has 1 aliphatic heterocycles. The average Bonchev–Trinajstić information content (AvgIpc) is 2.17. The second kappa shape index (κ2) is 3.98. The molecule has 0 radical (unpaired) electrons. The molecule has 2 aliphatic rings. The van der Waals surface area contributed by atoms with Crippen LogP contribution in [0.3, 0.4) is 0 Å². The van der Waals surface area contributed by atoms with Gasteiger partial charge >= 0.3 is 6.09 Å². The summed E-state index contributed by atoms with van der Waals surface area (Å²) in [5, 5.41) is 0. The molecule has 14 heavy (non-hydrogen) atoms. The summed E-state index contributed by atoms with van der Waals surface area (Å²) in [5.74, 6) is 0.196. The number of hydrogen-bond acceptors (Lipinski definition) is 3. The van der Waals surface area contributed by atoms with Gasteiger partial charge in [0, 0.05) is 25.9 Å². The Balaban J connectivity index is 1.74. The zero-order chi connectivity index (χ0) is 9.97. The van der Waals surface area contributed by atoms with Crippen molar-refractivity contribution < 1.29 is 14.3 Å². The molecule has 2 rings (SSSR count).